The van der Waals surface area contributed by atoms with Gasteiger partial charge in [0.2, 0.25) is 0 Å². The van der Waals surface area contributed by atoms with Gasteiger partial charge in [0.1, 0.15) is 0 Å². The summed E-state index contributed by atoms with van der Waals surface area (Å²) in [7, 11) is 0. The van der Waals surface area contributed by atoms with Gasteiger partial charge in [-0.1, -0.05) is 6.07 Å². The van der Waals surface area contributed by atoms with Crippen molar-refractivity contribution in [2.75, 3.05) is 0 Å². The smallest absolute Gasteiger partial charge is 0.184 e. The Bertz CT molecular complexity index is 1020. The molecule has 1 N–H and O–H groups in total. The monoisotopic (exact) mass is 292 g/mol. The largest absolute Gasteiger partial charge is 0.329 e. The Morgan fingerprint density at radius 2 is 2.05 bits per heavy atom. The maximum absolute atomic E-state index is 5.49. The van der Waals surface area contributed by atoms with Gasteiger partial charge in [0.15, 0.2) is 10.4 Å². The predicted molar refractivity (Wildman–Crippen MR) is 86.3 cm³/mol. The molecule has 0 aliphatic rings. The van der Waals surface area contributed by atoms with E-state index >= 15 is 0 Å². The third-order valence-corrected chi connectivity index (χ3v) is 3.81. The van der Waals surface area contributed by atoms with E-state index in [1.165, 1.54) is 0 Å². The zero-order valence-electron chi connectivity index (χ0n) is 11.4. The number of aromatic amines is 1. The number of pyridine rings is 2. The van der Waals surface area contributed by atoms with Gasteiger partial charge < -0.3 is 4.98 Å². The molecule has 0 bridgehead atoms. The van der Waals surface area contributed by atoms with Crippen molar-refractivity contribution in [3.8, 4) is 5.69 Å². The lowest BCUT2D eigenvalue weighted by atomic mass is 10.2. The van der Waals surface area contributed by atoms with Crippen molar-refractivity contribution >= 4 is 34.3 Å². The number of imidazole rings is 1. The first kappa shape index (κ1) is 12.2. The summed E-state index contributed by atoms with van der Waals surface area (Å²) in [4.78, 5) is 12.2. The van der Waals surface area contributed by atoms with Crippen LogP contribution in [0.4, 0.5) is 0 Å². The number of hydrogen-bond acceptors (Lipinski definition) is 3. The average Bonchev–Trinajstić information content (AvgIpc) is 2.81. The van der Waals surface area contributed by atoms with Gasteiger partial charge in [-0.05, 0) is 55.0 Å². The Balaban J connectivity index is 2.14. The van der Waals surface area contributed by atoms with Gasteiger partial charge in [0.05, 0.1) is 16.7 Å². The summed E-state index contributed by atoms with van der Waals surface area (Å²) < 4.78 is 2.60. The Hall–Kier alpha value is -2.53. The van der Waals surface area contributed by atoms with Crippen LogP contribution in [0.3, 0.4) is 0 Å². The normalized spacial score (nSPS) is 11.3. The lowest BCUT2D eigenvalue weighted by Gasteiger charge is -2.07. The van der Waals surface area contributed by atoms with Gasteiger partial charge >= 0.3 is 0 Å². The summed E-state index contributed by atoms with van der Waals surface area (Å²) in [5.74, 6) is 0. The molecule has 1 aromatic carbocycles. The van der Waals surface area contributed by atoms with Crippen LogP contribution in [-0.4, -0.2) is 19.5 Å². The van der Waals surface area contributed by atoms with E-state index < -0.39 is 0 Å². The molecule has 5 heteroatoms. The van der Waals surface area contributed by atoms with Crippen LogP contribution in [0.15, 0.2) is 48.8 Å². The molecule has 102 valence electrons. The molecular formula is C16H12N4S. The van der Waals surface area contributed by atoms with Crippen molar-refractivity contribution in [2.24, 2.45) is 0 Å². The molecule has 0 unspecified atom stereocenters. The first-order valence-corrected chi connectivity index (χ1v) is 7.06. The van der Waals surface area contributed by atoms with Crippen molar-refractivity contribution in [3.05, 3.63) is 59.1 Å². The second kappa shape index (κ2) is 4.49. The Labute approximate surface area is 126 Å². The topological polar surface area (TPSA) is 46.5 Å². The minimum atomic E-state index is 0.638. The van der Waals surface area contributed by atoms with Crippen LogP contribution >= 0.6 is 12.2 Å². The van der Waals surface area contributed by atoms with Gasteiger partial charge in [-0.15, -0.1) is 0 Å². The van der Waals surface area contributed by atoms with Gasteiger partial charge in [0, 0.05) is 17.8 Å². The fourth-order valence-electron chi connectivity index (χ4n) is 2.61. The summed E-state index contributed by atoms with van der Waals surface area (Å²) >= 11 is 5.49. The van der Waals surface area contributed by atoms with E-state index in [2.05, 4.69) is 21.0 Å². The predicted octanol–water partition coefficient (Wildman–Crippen LogP) is 3.94. The van der Waals surface area contributed by atoms with Crippen LogP contribution in [0.1, 0.15) is 5.56 Å². The fourth-order valence-corrected chi connectivity index (χ4v) is 2.90. The Kier molecular flexibility index (Phi) is 2.62. The Morgan fingerprint density at radius 1 is 1.14 bits per heavy atom. The van der Waals surface area contributed by atoms with Crippen molar-refractivity contribution < 1.29 is 0 Å². The van der Waals surface area contributed by atoms with Gasteiger partial charge in [-0.25, -0.2) is 4.98 Å². The van der Waals surface area contributed by atoms with E-state index in [-0.39, 0.29) is 0 Å². The van der Waals surface area contributed by atoms with Crippen molar-refractivity contribution in [1.82, 2.24) is 19.5 Å². The van der Waals surface area contributed by atoms with Gasteiger partial charge in [0.25, 0.3) is 0 Å². The summed E-state index contributed by atoms with van der Waals surface area (Å²) in [5, 5.41) is 1.05. The van der Waals surface area contributed by atoms with Gasteiger partial charge in [-0.2, -0.15) is 0 Å². The summed E-state index contributed by atoms with van der Waals surface area (Å²) in [6, 6.07) is 12.1. The molecule has 0 aliphatic heterocycles. The van der Waals surface area contributed by atoms with Crippen LogP contribution in [0.5, 0.6) is 0 Å². The lowest BCUT2D eigenvalue weighted by molar-refractivity contribution is 1.05. The first-order chi connectivity index (χ1) is 10.2. The second-order valence-corrected chi connectivity index (χ2v) is 5.38. The fraction of sp³-hybridized carbons (Fsp3) is 0.0625. The molecule has 0 saturated heterocycles. The van der Waals surface area contributed by atoms with Crippen molar-refractivity contribution in [2.45, 2.75) is 6.92 Å². The SMILES string of the molecule is Cc1cnc2c(c1)[nH]c(=S)n2-c1cccc2ncccc12. The lowest BCUT2D eigenvalue weighted by Crippen LogP contribution is -1.97. The van der Waals surface area contributed by atoms with E-state index in [4.69, 9.17) is 12.2 Å². The minimum absolute atomic E-state index is 0.638. The molecule has 0 fully saturated rings. The number of rotatable bonds is 1. The van der Waals surface area contributed by atoms with Crippen molar-refractivity contribution in [1.29, 1.82) is 0 Å². The first-order valence-electron chi connectivity index (χ1n) is 6.65. The molecule has 0 amide bonds. The maximum Gasteiger partial charge on any atom is 0.184 e. The number of H-pyrrole nitrogens is 1. The van der Waals surface area contributed by atoms with E-state index in [1.807, 2.05) is 48.0 Å². The molecule has 0 radical (unpaired) electrons. The number of hydrogen-bond donors (Lipinski definition) is 1. The Morgan fingerprint density at radius 3 is 2.95 bits per heavy atom. The number of aromatic nitrogens is 4. The quantitative estimate of drug-likeness (QED) is 0.540. The van der Waals surface area contributed by atoms with E-state index in [9.17, 15) is 0 Å². The van der Waals surface area contributed by atoms with Crippen LogP contribution in [0.25, 0.3) is 27.8 Å². The highest BCUT2D eigenvalue weighted by atomic mass is 32.1. The molecule has 0 spiro atoms. The highest BCUT2D eigenvalue weighted by Crippen LogP contribution is 2.24. The highest BCUT2D eigenvalue weighted by Gasteiger charge is 2.10. The molecule has 3 aromatic heterocycles. The highest BCUT2D eigenvalue weighted by molar-refractivity contribution is 7.71. The molecule has 3 heterocycles. The second-order valence-electron chi connectivity index (χ2n) is 5.00. The van der Waals surface area contributed by atoms with E-state index in [0.717, 1.165) is 33.3 Å². The molecule has 0 saturated carbocycles. The third-order valence-electron chi connectivity index (χ3n) is 3.52. The number of benzene rings is 1. The van der Waals surface area contributed by atoms with Crippen LogP contribution in [0, 0.1) is 11.7 Å². The van der Waals surface area contributed by atoms with Gasteiger partial charge in [-0.3, -0.25) is 9.55 Å². The summed E-state index contributed by atoms with van der Waals surface area (Å²) in [5.41, 5.74) is 4.82. The van der Waals surface area contributed by atoms with Crippen molar-refractivity contribution in [3.63, 3.8) is 0 Å². The number of nitrogens with one attached hydrogen (secondary N) is 1. The molecule has 4 nitrogen and oxygen atoms in total. The molecule has 4 aromatic rings. The van der Waals surface area contributed by atoms with E-state index in [0.29, 0.717) is 4.77 Å². The summed E-state index contributed by atoms with van der Waals surface area (Å²) in [6.45, 7) is 2.02. The third kappa shape index (κ3) is 1.86. The molecule has 4 rings (SSSR count). The molecule has 0 aliphatic carbocycles. The van der Waals surface area contributed by atoms with Crippen LogP contribution < -0.4 is 0 Å². The number of aryl methyl sites for hydroxylation is 1. The summed E-state index contributed by atoms with van der Waals surface area (Å²) in [6.07, 6.45) is 3.65. The molecular weight excluding hydrogens is 280 g/mol. The number of fused-ring (bicyclic) bond motifs is 2. The molecule has 21 heavy (non-hydrogen) atoms. The maximum atomic E-state index is 5.49. The minimum Gasteiger partial charge on any atom is -0.329 e. The zero-order valence-corrected chi connectivity index (χ0v) is 12.2. The van der Waals surface area contributed by atoms with E-state index in [1.54, 1.807) is 6.20 Å². The van der Waals surface area contributed by atoms with Crippen LogP contribution in [0.2, 0.25) is 0 Å². The standard InChI is InChI=1S/C16H12N4S/c1-10-8-13-15(18-9-10)20(16(21)19-13)14-6-2-5-12-11(14)4-3-7-17-12/h2-9H,1H3,(H,19,21). The van der Waals surface area contributed by atoms with Crippen LogP contribution in [-0.2, 0) is 0 Å². The molecule has 0 atom stereocenters. The number of nitrogens with zero attached hydrogens (tertiary/aromatic N) is 3. The zero-order chi connectivity index (χ0) is 14.4. The average molecular weight is 292 g/mol.